The fraction of sp³-hybridized carbons (Fsp3) is 0.222. The lowest BCUT2D eigenvalue weighted by Gasteiger charge is -2.09. The van der Waals surface area contributed by atoms with E-state index < -0.39 is 11.8 Å². The van der Waals surface area contributed by atoms with Gasteiger partial charge in [0.1, 0.15) is 0 Å². The van der Waals surface area contributed by atoms with Gasteiger partial charge >= 0.3 is 11.8 Å². The lowest BCUT2D eigenvalue weighted by molar-refractivity contribution is -0.136. The largest absolute Gasteiger partial charge is 0.347 e. The first kappa shape index (κ1) is 17.0. The van der Waals surface area contributed by atoms with Crippen LogP contribution in [-0.4, -0.2) is 18.4 Å². The Kier molecular flexibility index (Phi) is 5.77. The maximum atomic E-state index is 11.9. The fourth-order valence-corrected chi connectivity index (χ4v) is 2.44. The molecule has 120 valence electrons. The minimum absolute atomic E-state index is 0.374. The van der Waals surface area contributed by atoms with E-state index in [0.29, 0.717) is 23.7 Å². The maximum Gasteiger partial charge on any atom is 0.313 e. The summed E-state index contributed by atoms with van der Waals surface area (Å²) in [6, 6.07) is 13.0. The number of halogens is 1. The number of hydrogen-bond acceptors (Lipinski definition) is 2. The summed E-state index contributed by atoms with van der Waals surface area (Å²) in [4.78, 5) is 23.7. The van der Waals surface area contributed by atoms with E-state index in [9.17, 15) is 9.59 Å². The molecule has 0 atom stereocenters. The number of anilines is 1. The molecule has 0 spiro atoms. The molecule has 0 unspecified atom stereocenters. The van der Waals surface area contributed by atoms with Gasteiger partial charge in [0.05, 0.1) is 0 Å². The van der Waals surface area contributed by atoms with Gasteiger partial charge in [-0.2, -0.15) is 0 Å². The molecule has 2 rings (SSSR count). The van der Waals surface area contributed by atoms with Gasteiger partial charge in [-0.05, 0) is 49.6 Å². The predicted octanol–water partition coefficient (Wildman–Crippen LogP) is 3.25. The third-order valence-corrected chi connectivity index (χ3v) is 3.66. The molecule has 23 heavy (non-hydrogen) atoms. The second-order valence-electron chi connectivity index (χ2n) is 5.41. The molecule has 5 heteroatoms. The van der Waals surface area contributed by atoms with E-state index in [4.69, 9.17) is 11.6 Å². The van der Waals surface area contributed by atoms with Crippen LogP contribution < -0.4 is 10.6 Å². The topological polar surface area (TPSA) is 58.2 Å². The van der Waals surface area contributed by atoms with E-state index in [0.717, 1.165) is 16.7 Å². The van der Waals surface area contributed by atoms with Crippen LogP contribution >= 0.6 is 11.6 Å². The number of aryl methyl sites for hydroxylation is 2. The van der Waals surface area contributed by atoms with Crippen LogP contribution in [-0.2, 0) is 16.0 Å². The SMILES string of the molecule is Cc1ccc(NC(=O)C(=O)NCCc2cccc(Cl)c2)c(C)c1. The van der Waals surface area contributed by atoms with Crippen molar-refractivity contribution in [2.45, 2.75) is 20.3 Å². The molecular formula is C18H19ClN2O2. The normalized spacial score (nSPS) is 10.2. The van der Waals surface area contributed by atoms with Crippen molar-refractivity contribution in [1.29, 1.82) is 0 Å². The van der Waals surface area contributed by atoms with Crippen molar-refractivity contribution in [2.75, 3.05) is 11.9 Å². The van der Waals surface area contributed by atoms with Gasteiger partial charge in [0.15, 0.2) is 0 Å². The van der Waals surface area contributed by atoms with Crippen molar-refractivity contribution in [3.05, 3.63) is 64.2 Å². The lowest BCUT2D eigenvalue weighted by Crippen LogP contribution is -2.36. The van der Waals surface area contributed by atoms with E-state index >= 15 is 0 Å². The van der Waals surface area contributed by atoms with Crippen molar-refractivity contribution < 1.29 is 9.59 Å². The van der Waals surface area contributed by atoms with Crippen molar-refractivity contribution in [2.24, 2.45) is 0 Å². The van der Waals surface area contributed by atoms with Crippen LogP contribution in [0.25, 0.3) is 0 Å². The molecule has 2 amide bonds. The van der Waals surface area contributed by atoms with E-state index in [-0.39, 0.29) is 0 Å². The number of rotatable bonds is 4. The summed E-state index contributed by atoms with van der Waals surface area (Å²) in [6.45, 7) is 4.24. The molecule has 0 aliphatic rings. The van der Waals surface area contributed by atoms with Crippen LogP contribution in [0.4, 0.5) is 5.69 Å². The van der Waals surface area contributed by atoms with Crippen LogP contribution in [0.1, 0.15) is 16.7 Å². The van der Waals surface area contributed by atoms with Gasteiger partial charge in [-0.25, -0.2) is 0 Å². The Morgan fingerprint density at radius 3 is 2.52 bits per heavy atom. The Hall–Kier alpha value is -2.33. The molecule has 2 aromatic carbocycles. The summed E-state index contributed by atoms with van der Waals surface area (Å²) in [5.74, 6) is -1.31. The average Bonchev–Trinajstić information content (AvgIpc) is 2.50. The monoisotopic (exact) mass is 330 g/mol. The van der Waals surface area contributed by atoms with Crippen molar-refractivity contribution in [3.8, 4) is 0 Å². The highest BCUT2D eigenvalue weighted by Gasteiger charge is 2.14. The first-order valence-corrected chi connectivity index (χ1v) is 7.74. The third-order valence-electron chi connectivity index (χ3n) is 3.42. The zero-order valence-corrected chi connectivity index (χ0v) is 13.9. The molecule has 0 bridgehead atoms. The van der Waals surface area contributed by atoms with Gasteiger partial charge in [0, 0.05) is 17.3 Å². The number of carbonyl (C=O) groups excluding carboxylic acids is 2. The van der Waals surface area contributed by atoms with E-state index in [1.54, 1.807) is 12.1 Å². The molecule has 0 heterocycles. The quantitative estimate of drug-likeness (QED) is 0.845. The number of hydrogen-bond donors (Lipinski definition) is 2. The highest BCUT2D eigenvalue weighted by molar-refractivity contribution is 6.39. The van der Waals surface area contributed by atoms with Crippen LogP contribution in [0.2, 0.25) is 5.02 Å². The Morgan fingerprint density at radius 2 is 1.83 bits per heavy atom. The van der Waals surface area contributed by atoms with Crippen molar-refractivity contribution >= 4 is 29.1 Å². The lowest BCUT2D eigenvalue weighted by atomic mass is 10.1. The second kappa shape index (κ2) is 7.79. The summed E-state index contributed by atoms with van der Waals surface area (Å²) in [5.41, 5.74) is 3.68. The Balaban J connectivity index is 1.84. The zero-order valence-electron chi connectivity index (χ0n) is 13.2. The summed E-state index contributed by atoms with van der Waals surface area (Å²) >= 11 is 5.90. The maximum absolute atomic E-state index is 11.9. The Morgan fingerprint density at radius 1 is 1.04 bits per heavy atom. The minimum Gasteiger partial charge on any atom is -0.347 e. The molecule has 0 aliphatic carbocycles. The van der Waals surface area contributed by atoms with Gasteiger partial charge in [-0.15, -0.1) is 0 Å². The summed E-state index contributed by atoms with van der Waals surface area (Å²) < 4.78 is 0. The van der Waals surface area contributed by atoms with E-state index in [2.05, 4.69) is 10.6 Å². The summed E-state index contributed by atoms with van der Waals surface area (Å²) in [5, 5.41) is 5.88. The second-order valence-corrected chi connectivity index (χ2v) is 5.84. The molecule has 0 saturated heterocycles. The third kappa shape index (κ3) is 5.11. The van der Waals surface area contributed by atoms with Gasteiger partial charge < -0.3 is 10.6 Å². The highest BCUT2D eigenvalue weighted by atomic mass is 35.5. The van der Waals surface area contributed by atoms with Gasteiger partial charge in [-0.1, -0.05) is 41.4 Å². The van der Waals surface area contributed by atoms with E-state index in [1.807, 2.05) is 44.2 Å². The average molecular weight is 331 g/mol. The molecule has 0 aliphatic heterocycles. The number of amides is 2. The van der Waals surface area contributed by atoms with Gasteiger partial charge in [0.2, 0.25) is 0 Å². The van der Waals surface area contributed by atoms with Crippen molar-refractivity contribution in [3.63, 3.8) is 0 Å². The van der Waals surface area contributed by atoms with Gasteiger partial charge in [0.25, 0.3) is 0 Å². The first-order valence-electron chi connectivity index (χ1n) is 7.36. The van der Waals surface area contributed by atoms with Crippen LogP contribution in [0.3, 0.4) is 0 Å². The highest BCUT2D eigenvalue weighted by Crippen LogP contribution is 2.15. The van der Waals surface area contributed by atoms with Crippen LogP contribution in [0.5, 0.6) is 0 Å². The molecule has 0 fully saturated rings. The molecule has 2 N–H and O–H groups in total. The standard InChI is InChI=1S/C18H19ClN2O2/c1-12-6-7-16(13(2)10-12)21-18(23)17(22)20-9-8-14-4-3-5-15(19)11-14/h3-7,10-11H,8-9H2,1-2H3,(H,20,22)(H,21,23). The van der Waals surface area contributed by atoms with Crippen molar-refractivity contribution in [1.82, 2.24) is 5.32 Å². The van der Waals surface area contributed by atoms with Crippen LogP contribution in [0.15, 0.2) is 42.5 Å². The van der Waals surface area contributed by atoms with Gasteiger partial charge in [-0.3, -0.25) is 9.59 Å². The molecule has 0 aromatic heterocycles. The number of benzene rings is 2. The molecule has 4 nitrogen and oxygen atoms in total. The minimum atomic E-state index is -0.664. The molecule has 2 aromatic rings. The Bertz CT molecular complexity index is 729. The number of carbonyl (C=O) groups is 2. The van der Waals surface area contributed by atoms with Crippen LogP contribution in [0, 0.1) is 13.8 Å². The smallest absolute Gasteiger partial charge is 0.313 e. The van der Waals surface area contributed by atoms with E-state index in [1.165, 1.54) is 0 Å². The fourth-order valence-electron chi connectivity index (χ4n) is 2.23. The number of nitrogens with one attached hydrogen (secondary N) is 2. The molecule has 0 radical (unpaired) electrons. The predicted molar refractivity (Wildman–Crippen MR) is 92.7 cm³/mol. The summed E-state index contributed by atoms with van der Waals surface area (Å²) in [7, 11) is 0. The summed E-state index contributed by atoms with van der Waals surface area (Å²) in [6.07, 6.45) is 0.614. The molecular weight excluding hydrogens is 312 g/mol. The first-order chi connectivity index (χ1) is 11.0. The Labute approximate surface area is 140 Å². The molecule has 0 saturated carbocycles. The zero-order chi connectivity index (χ0) is 16.8.